The highest BCUT2D eigenvalue weighted by atomic mass is 32.1. The van der Waals surface area contributed by atoms with Gasteiger partial charge in [-0.25, -0.2) is 4.98 Å². The van der Waals surface area contributed by atoms with Gasteiger partial charge in [-0.15, -0.1) is 11.3 Å². The minimum Gasteiger partial charge on any atom is -0.466 e. The number of amides is 1. The number of benzene rings is 1. The van der Waals surface area contributed by atoms with E-state index >= 15 is 0 Å². The molecular weight excluding hydrogens is 332 g/mol. The lowest BCUT2D eigenvalue weighted by molar-refractivity contribution is -0.121. The first kappa shape index (κ1) is 17.4. The molecule has 0 saturated heterocycles. The first-order valence-corrected chi connectivity index (χ1v) is 9.18. The summed E-state index contributed by atoms with van der Waals surface area (Å²) in [6.07, 6.45) is 0.280. The highest BCUT2D eigenvalue weighted by Gasteiger charge is 2.16. The van der Waals surface area contributed by atoms with Crippen molar-refractivity contribution < 1.29 is 9.21 Å². The van der Waals surface area contributed by atoms with E-state index in [0.717, 1.165) is 33.3 Å². The molecule has 0 aliphatic heterocycles. The number of carbonyl (C=O) groups excluding carboxylic acids is 1. The number of aromatic nitrogens is 1. The number of hydrogen-bond acceptors (Lipinski definition) is 4. The minimum absolute atomic E-state index is 0.0356. The summed E-state index contributed by atoms with van der Waals surface area (Å²) in [6, 6.07) is 10.1. The summed E-state index contributed by atoms with van der Waals surface area (Å²) in [6.45, 7) is 7.85. The zero-order valence-electron chi connectivity index (χ0n) is 14.9. The maximum atomic E-state index is 12.3. The van der Waals surface area contributed by atoms with Crippen molar-refractivity contribution in [2.24, 2.45) is 0 Å². The first-order chi connectivity index (χ1) is 11.9. The quantitative estimate of drug-likeness (QED) is 0.719. The van der Waals surface area contributed by atoms with Crippen molar-refractivity contribution in [1.29, 1.82) is 0 Å². The van der Waals surface area contributed by atoms with Crippen LogP contribution in [0.2, 0.25) is 0 Å². The summed E-state index contributed by atoms with van der Waals surface area (Å²) in [7, 11) is 0. The average Bonchev–Trinajstić information content (AvgIpc) is 3.14. The van der Waals surface area contributed by atoms with Gasteiger partial charge in [0.25, 0.3) is 0 Å². The number of carbonyl (C=O) groups is 1. The predicted molar refractivity (Wildman–Crippen MR) is 101 cm³/mol. The molecule has 3 aromatic rings. The van der Waals surface area contributed by atoms with Crippen LogP contribution in [0.1, 0.15) is 41.3 Å². The van der Waals surface area contributed by atoms with E-state index in [-0.39, 0.29) is 18.4 Å². The van der Waals surface area contributed by atoms with Crippen LogP contribution in [0.15, 0.2) is 40.1 Å². The number of aryl methyl sites for hydroxylation is 3. The molecule has 5 heteroatoms. The molecule has 1 unspecified atom stereocenters. The SMILES string of the molecule is Cc1ccc(-c2nc(CC(=O)NC(C)c3cc(C)oc3C)cs2)cc1. The van der Waals surface area contributed by atoms with Gasteiger partial charge in [-0.1, -0.05) is 29.8 Å². The predicted octanol–water partition coefficient (Wildman–Crippen LogP) is 4.75. The van der Waals surface area contributed by atoms with Crippen molar-refractivity contribution in [2.45, 2.75) is 40.2 Å². The summed E-state index contributed by atoms with van der Waals surface area (Å²) in [5.74, 6) is 1.67. The highest BCUT2D eigenvalue weighted by molar-refractivity contribution is 7.13. The van der Waals surface area contributed by atoms with Crippen LogP contribution in [-0.2, 0) is 11.2 Å². The molecule has 0 fully saturated rings. The summed E-state index contributed by atoms with van der Waals surface area (Å²) in [4.78, 5) is 16.9. The number of thiazole rings is 1. The summed E-state index contributed by atoms with van der Waals surface area (Å²) in [5, 5.41) is 5.91. The molecule has 0 bridgehead atoms. The smallest absolute Gasteiger partial charge is 0.226 e. The number of nitrogens with zero attached hydrogens (tertiary/aromatic N) is 1. The molecule has 0 aliphatic rings. The largest absolute Gasteiger partial charge is 0.466 e. The molecule has 1 aromatic carbocycles. The van der Waals surface area contributed by atoms with Gasteiger partial charge in [-0.3, -0.25) is 4.79 Å². The van der Waals surface area contributed by atoms with Crippen molar-refractivity contribution in [3.05, 3.63) is 64.1 Å². The van der Waals surface area contributed by atoms with Gasteiger partial charge in [0.05, 0.1) is 18.2 Å². The van der Waals surface area contributed by atoms with E-state index < -0.39 is 0 Å². The van der Waals surface area contributed by atoms with Gasteiger partial charge in [-0.2, -0.15) is 0 Å². The number of hydrogen-bond donors (Lipinski definition) is 1. The zero-order chi connectivity index (χ0) is 18.0. The van der Waals surface area contributed by atoms with Crippen LogP contribution in [0.5, 0.6) is 0 Å². The second-order valence-corrected chi connectivity index (χ2v) is 7.20. The lowest BCUT2D eigenvalue weighted by Crippen LogP contribution is -2.28. The van der Waals surface area contributed by atoms with Gasteiger partial charge in [0.2, 0.25) is 5.91 Å². The second kappa shape index (κ2) is 7.23. The maximum Gasteiger partial charge on any atom is 0.226 e. The fourth-order valence-electron chi connectivity index (χ4n) is 2.83. The van der Waals surface area contributed by atoms with E-state index in [4.69, 9.17) is 4.42 Å². The maximum absolute atomic E-state index is 12.3. The van der Waals surface area contributed by atoms with Crippen LogP contribution >= 0.6 is 11.3 Å². The Morgan fingerprint density at radius 1 is 1.24 bits per heavy atom. The fourth-order valence-corrected chi connectivity index (χ4v) is 3.66. The Morgan fingerprint density at radius 2 is 1.96 bits per heavy atom. The normalized spacial score (nSPS) is 12.2. The molecule has 25 heavy (non-hydrogen) atoms. The fraction of sp³-hybridized carbons (Fsp3) is 0.300. The molecule has 1 N–H and O–H groups in total. The van der Waals surface area contributed by atoms with Gasteiger partial charge in [0.15, 0.2) is 0 Å². The molecule has 0 spiro atoms. The topological polar surface area (TPSA) is 55.1 Å². The third kappa shape index (κ3) is 4.17. The van der Waals surface area contributed by atoms with Gasteiger partial charge in [-0.05, 0) is 33.8 Å². The Hall–Kier alpha value is -2.40. The molecule has 0 radical (unpaired) electrons. The van der Waals surface area contributed by atoms with Crippen molar-refractivity contribution in [1.82, 2.24) is 10.3 Å². The van der Waals surface area contributed by atoms with Crippen LogP contribution in [0.4, 0.5) is 0 Å². The van der Waals surface area contributed by atoms with Gasteiger partial charge >= 0.3 is 0 Å². The second-order valence-electron chi connectivity index (χ2n) is 6.34. The Bertz CT molecular complexity index is 877. The van der Waals surface area contributed by atoms with E-state index in [2.05, 4.69) is 41.5 Å². The van der Waals surface area contributed by atoms with Gasteiger partial charge < -0.3 is 9.73 Å². The lowest BCUT2D eigenvalue weighted by atomic mass is 10.1. The van der Waals surface area contributed by atoms with Crippen LogP contribution in [-0.4, -0.2) is 10.9 Å². The molecule has 4 nitrogen and oxygen atoms in total. The minimum atomic E-state index is -0.0832. The van der Waals surface area contributed by atoms with Gasteiger partial charge in [0.1, 0.15) is 16.5 Å². The van der Waals surface area contributed by atoms with Gasteiger partial charge in [0, 0.05) is 16.5 Å². The van der Waals surface area contributed by atoms with E-state index in [1.807, 2.05) is 32.2 Å². The molecule has 1 amide bonds. The number of nitrogens with one attached hydrogen (secondary N) is 1. The van der Waals surface area contributed by atoms with E-state index in [1.165, 1.54) is 5.56 Å². The molecule has 0 saturated carbocycles. The van der Waals surface area contributed by atoms with Crippen LogP contribution in [0.3, 0.4) is 0 Å². The monoisotopic (exact) mass is 354 g/mol. The molecule has 3 rings (SSSR count). The standard InChI is InChI=1S/C20H22N2O2S/c1-12-5-7-16(8-6-12)20-22-17(11-25-20)10-19(23)21-14(3)18-9-13(2)24-15(18)4/h5-9,11,14H,10H2,1-4H3,(H,21,23). The molecule has 2 heterocycles. The van der Waals surface area contributed by atoms with Crippen molar-refractivity contribution in [2.75, 3.05) is 0 Å². The molecular formula is C20H22N2O2S. The zero-order valence-corrected chi connectivity index (χ0v) is 15.7. The van der Waals surface area contributed by atoms with Crippen molar-refractivity contribution in [3.63, 3.8) is 0 Å². The summed E-state index contributed by atoms with van der Waals surface area (Å²) < 4.78 is 5.53. The number of rotatable bonds is 5. The summed E-state index contributed by atoms with van der Waals surface area (Å²) >= 11 is 1.57. The number of furan rings is 1. The lowest BCUT2D eigenvalue weighted by Gasteiger charge is -2.12. The Kier molecular flexibility index (Phi) is 5.04. The highest BCUT2D eigenvalue weighted by Crippen LogP contribution is 2.25. The summed E-state index contributed by atoms with van der Waals surface area (Å²) in [5.41, 5.74) is 4.12. The molecule has 2 aromatic heterocycles. The molecule has 0 aliphatic carbocycles. The molecule has 130 valence electrons. The third-order valence-electron chi connectivity index (χ3n) is 4.12. The molecule has 1 atom stereocenters. The Balaban J connectivity index is 1.63. The van der Waals surface area contributed by atoms with Crippen molar-refractivity contribution in [3.8, 4) is 10.6 Å². The van der Waals surface area contributed by atoms with E-state index in [9.17, 15) is 4.79 Å². The Morgan fingerprint density at radius 3 is 2.60 bits per heavy atom. The average molecular weight is 354 g/mol. The van der Waals surface area contributed by atoms with Crippen LogP contribution < -0.4 is 5.32 Å². The first-order valence-electron chi connectivity index (χ1n) is 8.30. The van der Waals surface area contributed by atoms with E-state index in [1.54, 1.807) is 11.3 Å². The third-order valence-corrected chi connectivity index (χ3v) is 5.06. The van der Waals surface area contributed by atoms with Crippen molar-refractivity contribution >= 4 is 17.2 Å². The van der Waals surface area contributed by atoms with E-state index in [0.29, 0.717) is 0 Å². The van der Waals surface area contributed by atoms with Crippen LogP contribution in [0, 0.1) is 20.8 Å². The Labute approximate surface area is 151 Å². The van der Waals surface area contributed by atoms with Crippen LogP contribution in [0.25, 0.3) is 10.6 Å².